The van der Waals surface area contributed by atoms with Crippen LogP contribution in [0.5, 0.6) is 0 Å². The molecule has 0 spiro atoms. The Balaban J connectivity index is 2.06. The number of nitrogens with zero attached hydrogens (tertiary/aromatic N) is 2. The minimum absolute atomic E-state index is 0.0641. The van der Waals surface area contributed by atoms with Crippen molar-refractivity contribution in [3.8, 4) is 0 Å². The molecule has 22 heavy (non-hydrogen) atoms. The quantitative estimate of drug-likeness (QED) is 0.840. The van der Waals surface area contributed by atoms with E-state index in [1.54, 1.807) is 4.90 Å². The van der Waals surface area contributed by atoms with Gasteiger partial charge in [0.1, 0.15) is 6.04 Å². The minimum Gasteiger partial charge on any atom is -0.332 e. The lowest BCUT2D eigenvalue weighted by Crippen LogP contribution is -2.67. The normalized spacial score (nSPS) is 23.4. The average Bonchev–Trinajstić information content (AvgIpc) is 2.43. The highest BCUT2D eigenvalue weighted by molar-refractivity contribution is 5.96. The van der Waals surface area contributed by atoms with Crippen molar-refractivity contribution in [3.05, 3.63) is 34.9 Å². The van der Waals surface area contributed by atoms with Gasteiger partial charge in [0.15, 0.2) is 0 Å². The number of piperazine rings is 1. The maximum absolute atomic E-state index is 12.8. The van der Waals surface area contributed by atoms with E-state index >= 15 is 0 Å². The maximum Gasteiger partial charge on any atom is 0.246 e. The fraction of sp³-hybridized carbons (Fsp3) is 0.556. The van der Waals surface area contributed by atoms with Crippen molar-refractivity contribution >= 4 is 11.8 Å². The Bertz CT molecular complexity index is 636. The summed E-state index contributed by atoms with van der Waals surface area (Å²) in [7, 11) is 0. The molecular weight excluding hydrogens is 276 g/mol. The summed E-state index contributed by atoms with van der Waals surface area (Å²) in [6, 6.07) is 6.00. The molecule has 118 valence electrons. The molecule has 0 N–H and O–H groups in total. The van der Waals surface area contributed by atoms with E-state index in [1.807, 2.05) is 25.7 Å². The zero-order valence-corrected chi connectivity index (χ0v) is 13.8. The third-order valence-corrected chi connectivity index (χ3v) is 4.93. The first-order chi connectivity index (χ1) is 10.4. The standard InChI is InChI=1S/C18H24N2O2/c1-5-8-19-11-16(21)20-15(17(19)22)10-13-9-12(2)6-7-14(13)18(20,3)4/h6-7,9,15H,5,8,10-11H2,1-4H3. The van der Waals surface area contributed by atoms with Gasteiger partial charge in [-0.05, 0) is 38.3 Å². The number of rotatable bonds is 2. The Labute approximate surface area is 132 Å². The molecule has 1 unspecified atom stereocenters. The van der Waals surface area contributed by atoms with Crippen molar-refractivity contribution in [2.24, 2.45) is 0 Å². The molecule has 2 heterocycles. The molecule has 0 aromatic heterocycles. The number of fused-ring (bicyclic) bond motifs is 2. The van der Waals surface area contributed by atoms with E-state index in [2.05, 4.69) is 25.1 Å². The molecule has 4 heteroatoms. The van der Waals surface area contributed by atoms with Gasteiger partial charge in [0.2, 0.25) is 11.8 Å². The molecule has 4 nitrogen and oxygen atoms in total. The molecule has 0 radical (unpaired) electrons. The molecule has 0 bridgehead atoms. The summed E-state index contributed by atoms with van der Waals surface area (Å²) >= 11 is 0. The largest absolute Gasteiger partial charge is 0.332 e. The van der Waals surface area contributed by atoms with Gasteiger partial charge in [-0.3, -0.25) is 9.59 Å². The summed E-state index contributed by atoms with van der Waals surface area (Å²) in [5.41, 5.74) is 3.13. The van der Waals surface area contributed by atoms with Gasteiger partial charge in [0.05, 0.1) is 12.1 Å². The lowest BCUT2D eigenvalue weighted by molar-refractivity contribution is -0.163. The molecule has 1 aromatic carbocycles. The molecule has 2 amide bonds. The van der Waals surface area contributed by atoms with Gasteiger partial charge in [-0.25, -0.2) is 0 Å². The highest BCUT2D eigenvalue weighted by atomic mass is 16.2. The second-order valence-corrected chi connectivity index (χ2v) is 6.96. The monoisotopic (exact) mass is 300 g/mol. The van der Waals surface area contributed by atoms with E-state index in [-0.39, 0.29) is 24.4 Å². The second-order valence-electron chi connectivity index (χ2n) is 6.96. The summed E-state index contributed by atoms with van der Waals surface area (Å²) in [4.78, 5) is 29.0. The average molecular weight is 300 g/mol. The van der Waals surface area contributed by atoms with Crippen LogP contribution in [0.3, 0.4) is 0 Å². The van der Waals surface area contributed by atoms with E-state index in [0.29, 0.717) is 13.0 Å². The van der Waals surface area contributed by atoms with Crippen LogP contribution in [0.25, 0.3) is 0 Å². The van der Waals surface area contributed by atoms with Crippen LogP contribution in [0.4, 0.5) is 0 Å². The molecule has 3 rings (SSSR count). The molecule has 1 saturated heterocycles. The van der Waals surface area contributed by atoms with Gasteiger partial charge in [0, 0.05) is 13.0 Å². The lowest BCUT2D eigenvalue weighted by atomic mass is 9.78. The number of hydrogen-bond donors (Lipinski definition) is 0. The van der Waals surface area contributed by atoms with E-state index in [0.717, 1.165) is 6.42 Å². The number of hydrogen-bond acceptors (Lipinski definition) is 2. The smallest absolute Gasteiger partial charge is 0.246 e. The van der Waals surface area contributed by atoms with Gasteiger partial charge >= 0.3 is 0 Å². The molecule has 2 aliphatic rings. The predicted molar refractivity (Wildman–Crippen MR) is 85.4 cm³/mol. The van der Waals surface area contributed by atoms with Gasteiger partial charge in [-0.1, -0.05) is 30.7 Å². The topological polar surface area (TPSA) is 40.6 Å². The Kier molecular flexibility index (Phi) is 3.50. The van der Waals surface area contributed by atoms with Crippen LogP contribution in [0.2, 0.25) is 0 Å². The highest BCUT2D eigenvalue weighted by Crippen LogP contribution is 2.40. The van der Waals surface area contributed by atoms with Crippen molar-refractivity contribution in [1.29, 1.82) is 0 Å². The van der Waals surface area contributed by atoms with Gasteiger partial charge in [0.25, 0.3) is 0 Å². The third-order valence-electron chi connectivity index (χ3n) is 4.93. The third kappa shape index (κ3) is 2.13. The number of benzene rings is 1. The van der Waals surface area contributed by atoms with Gasteiger partial charge in [-0.2, -0.15) is 0 Å². The summed E-state index contributed by atoms with van der Waals surface area (Å²) < 4.78 is 0. The summed E-state index contributed by atoms with van der Waals surface area (Å²) in [5.74, 6) is 0.163. The highest BCUT2D eigenvalue weighted by Gasteiger charge is 2.49. The first kappa shape index (κ1) is 15.1. The molecule has 1 fully saturated rings. The fourth-order valence-corrected chi connectivity index (χ4v) is 3.98. The van der Waals surface area contributed by atoms with Crippen LogP contribution in [0.15, 0.2) is 18.2 Å². The van der Waals surface area contributed by atoms with Crippen LogP contribution < -0.4 is 0 Å². The summed E-state index contributed by atoms with van der Waals surface area (Å²) in [6.45, 7) is 9.08. The molecule has 1 atom stereocenters. The Hall–Kier alpha value is -1.84. The van der Waals surface area contributed by atoms with Crippen molar-refractivity contribution in [1.82, 2.24) is 9.80 Å². The summed E-state index contributed by atoms with van der Waals surface area (Å²) in [6.07, 6.45) is 1.51. The zero-order chi connectivity index (χ0) is 16.1. The van der Waals surface area contributed by atoms with Crippen LogP contribution in [-0.4, -0.2) is 40.7 Å². The van der Waals surface area contributed by atoms with Crippen LogP contribution >= 0.6 is 0 Å². The maximum atomic E-state index is 12.8. The lowest BCUT2D eigenvalue weighted by Gasteiger charge is -2.52. The Morgan fingerprint density at radius 2 is 2.00 bits per heavy atom. The van der Waals surface area contributed by atoms with Crippen molar-refractivity contribution < 1.29 is 9.59 Å². The van der Waals surface area contributed by atoms with Crippen molar-refractivity contribution in [2.75, 3.05) is 13.1 Å². The van der Waals surface area contributed by atoms with Gasteiger partial charge in [-0.15, -0.1) is 0 Å². The van der Waals surface area contributed by atoms with Gasteiger partial charge < -0.3 is 9.80 Å². The van der Waals surface area contributed by atoms with E-state index in [4.69, 9.17) is 0 Å². The van der Waals surface area contributed by atoms with Crippen LogP contribution in [0.1, 0.15) is 43.9 Å². The first-order valence-corrected chi connectivity index (χ1v) is 8.07. The molecular formula is C18H24N2O2. The van der Waals surface area contributed by atoms with Crippen molar-refractivity contribution in [3.63, 3.8) is 0 Å². The molecule has 0 saturated carbocycles. The predicted octanol–water partition coefficient (Wildman–Crippen LogP) is 2.24. The fourth-order valence-electron chi connectivity index (χ4n) is 3.98. The second kappa shape index (κ2) is 5.11. The SMILES string of the molecule is CCCN1CC(=O)N2C(Cc3cc(C)ccc3C2(C)C)C1=O. The Morgan fingerprint density at radius 1 is 1.27 bits per heavy atom. The molecule has 0 aliphatic carbocycles. The van der Waals surface area contributed by atoms with E-state index in [1.165, 1.54) is 16.7 Å². The Morgan fingerprint density at radius 3 is 2.68 bits per heavy atom. The number of aryl methyl sites for hydroxylation is 1. The van der Waals surface area contributed by atoms with Crippen LogP contribution in [0, 0.1) is 6.92 Å². The number of amides is 2. The molecule has 2 aliphatic heterocycles. The molecule has 1 aromatic rings. The van der Waals surface area contributed by atoms with E-state index < -0.39 is 5.54 Å². The zero-order valence-electron chi connectivity index (χ0n) is 13.8. The first-order valence-electron chi connectivity index (χ1n) is 8.07. The number of carbonyl (C=O) groups is 2. The van der Waals surface area contributed by atoms with Crippen molar-refractivity contribution in [2.45, 2.75) is 52.1 Å². The minimum atomic E-state index is -0.434. The van der Waals surface area contributed by atoms with E-state index in [9.17, 15) is 9.59 Å². The number of carbonyl (C=O) groups excluding carboxylic acids is 2. The van der Waals surface area contributed by atoms with Crippen LogP contribution in [-0.2, 0) is 21.5 Å². The summed E-state index contributed by atoms with van der Waals surface area (Å²) in [5, 5.41) is 0.